The minimum Gasteiger partial charge on any atom is -0.309 e. The average molecular weight is 158 g/mol. The van der Waals surface area contributed by atoms with Crippen molar-refractivity contribution in [2.75, 3.05) is 34.7 Å². The third-order valence-corrected chi connectivity index (χ3v) is 2.38. The molecule has 0 aliphatic heterocycles. The first-order valence-electron chi connectivity index (χ1n) is 4.18. The summed E-state index contributed by atoms with van der Waals surface area (Å²) in [7, 11) is 8.50. The molecular weight excluding hydrogens is 136 g/mol. The monoisotopic (exact) mass is 158 g/mol. The standard InChI is InChI=1S/C9H22N2/c1-9(2,11(5)6)7-8-10(3)4/h7-8H2,1-6H3. The first-order chi connectivity index (χ1) is 4.86. The Morgan fingerprint density at radius 3 is 1.73 bits per heavy atom. The summed E-state index contributed by atoms with van der Waals surface area (Å²) in [4.78, 5) is 4.50. The van der Waals surface area contributed by atoms with Gasteiger partial charge in [0.15, 0.2) is 0 Å². The maximum Gasteiger partial charge on any atom is 0.0159 e. The van der Waals surface area contributed by atoms with Gasteiger partial charge in [-0.3, -0.25) is 0 Å². The van der Waals surface area contributed by atoms with Crippen LogP contribution in [-0.2, 0) is 0 Å². The number of rotatable bonds is 4. The van der Waals surface area contributed by atoms with Crippen molar-refractivity contribution in [1.82, 2.24) is 9.80 Å². The highest BCUT2D eigenvalue weighted by atomic mass is 15.1. The van der Waals surface area contributed by atoms with Crippen LogP contribution >= 0.6 is 0 Å². The largest absolute Gasteiger partial charge is 0.309 e. The van der Waals surface area contributed by atoms with Crippen molar-refractivity contribution in [1.29, 1.82) is 0 Å². The highest BCUT2D eigenvalue weighted by molar-refractivity contribution is 4.77. The van der Waals surface area contributed by atoms with Crippen LogP contribution in [0.4, 0.5) is 0 Å². The molecular formula is C9H22N2. The molecule has 0 aromatic heterocycles. The molecule has 2 nitrogen and oxygen atoms in total. The van der Waals surface area contributed by atoms with E-state index in [9.17, 15) is 0 Å². The fraction of sp³-hybridized carbons (Fsp3) is 1.00. The maximum atomic E-state index is 2.27. The summed E-state index contributed by atoms with van der Waals surface area (Å²) in [5, 5.41) is 0. The zero-order valence-corrected chi connectivity index (χ0v) is 8.81. The van der Waals surface area contributed by atoms with E-state index in [1.165, 1.54) is 6.42 Å². The van der Waals surface area contributed by atoms with Crippen molar-refractivity contribution in [3.63, 3.8) is 0 Å². The Morgan fingerprint density at radius 1 is 1.00 bits per heavy atom. The fourth-order valence-electron chi connectivity index (χ4n) is 0.721. The van der Waals surface area contributed by atoms with Gasteiger partial charge in [-0.15, -0.1) is 0 Å². The van der Waals surface area contributed by atoms with E-state index < -0.39 is 0 Å². The van der Waals surface area contributed by atoms with Gasteiger partial charge in [-0.1, -0.05) is 0 Å². The van der Waals surface area contributed by atoms with Crippen LogP contribution in [0.5, 0.6) is 0 Å². The summed E-state index contributed by atoms with van der Waals surface area (Å²) in [5.41, 5.74) is 0.324. The summed E-state index contributed by atoms with van der Waals surface area (Å²) in [5.74, 6) is 0. The van der Waals surface area contributed by atoms with Crippen molar-refractivity contribution in [3.8, 4) is 0 Å². The number of hydrogen-bond donors (Lipinski definition) is 0. The van der Waals surface area contributed by atoms with Gasteiger partial charge >= 0.3 is 0 Å². The molecule has 0 rings (SSSR count). The molecule has 0 aromatic rings. The Kier molecular flexibility index (Phi) is 4.04. The van der Waals surface area contributed by atoms with Gasteiger partial charge in [0.1, 0.15) is 0 Å². The van der Waals surface area contributed by atoms with Crippen LogP contribution < -0.4 is 0 Å². The molecule has 0 aliphatic carbocycles. The van der Waals surface area contributed by atoms with E-state index in [2.05, 4.69) is 51.8 Å². The summed E-state index contributed by atoms with van der Waals surface area (Å²) < 4.78 is 0. The lowest BCUT2D eigenvalue weighted by molar-refractivity contribution is 0.166. The van der Waals surface area contributed by atoms with Crippen molar-refractivity contribution in [2.45, 2.75) is 25.8 Å². The topological polar surface area (TPSA) is 6.48 Å². The normalized spacial score (nSPS) is 13.1. The maximum absolute atomic E-state index is 2.27. The summed E-state index contributed by atoms with van der Waals surface area (Å²) in [6, 6.07) is 0. The van der Waals surface area contributed by atoms with Gasteiger partial charge in [-0.05, 0) is 55.0 Å². The Hall–Kier alpha value is -0.0800. The van der Waals surface area contributed by atoms with Gasteiger partial charge in [-0.2, -0.15) is 0 Å². The molecule has 0 spiro atoms. The average Bonchev–Trinajstić information content (AvgIpc) is 1.84. The minimum atomic E-state index is 0.324. The van der Waals surface area contributed by atoms with Gasteiger partial charge < -0.3 is 9.80 Å². The van der Waals surface area contributed by atoms with Crippen molar-refractivity contribution >= 4 is 0 Å². The SMILES string of the molecule is CN(C)CCC(C)(C)N(C)C. The van der Waals surface area contributed by atoms with Crippen molar-refractivity contribution in [3.05, 3.63) is 0 Å². The van der Waals surface area contributed by atoms with Crippen LogP contribution in [0.15, 0.2) is 0 Å². The number of hydrogen-bond acceptors (Lipinski definition) is 2. The van der Waals surface area contributed by atoms with Crippen molar-refractivity contribution in [2.24, 2.45) is 0 Å². The van der Waals surface area contributed by atoms with Gasteiger partial charge in [0.2, 0.25) is 0 Å². The first-order valence-corrected chi connectivity index (χ1v) is 4.18. The summed E-state index contributed by atoms with van der Waals surface area (Å²) in [6.45, 7) is 5.71. The van der Waals surface area contributed by atoms with Crippen LogP contribution in [0, 0.1) is 0 Å². The molecule has 0 N–H and O–H groups in total. The lowest BCUT2D eigenvalue weighted by atomic mass is 9.99. The lowest BCUT2D eigenvalue weighted by Gasteiger charge is -2.33. The van der Waals surface area contributed by atoms with E-state index in [1.807, 2.05) is 0 Å². The zero-order chi connectivity index (χ0) is 9.07. The zero-order valence-electron chi connectivity index (χ0n) is 8.81. The van der Waals surface area contributed by atoms with E-state index >= 15 is 0 Å². The predicted molar refractivity (Wildman–Crippen MR) is 50.9 cm³/mol. The van der Waals surface area contributed by atoms with E-state index in [0.717, 1.165) is 6.54 Å². The summed E-state index contributed by atoms with van der Waals surface area (Å²) >= 11 is 0. The molecule has 0 saturated carbocycles. The van der Waals surface area contributed by atoms with Crippen LogP contribution in [0.1, 0.15) is 20.3 Å². The molecule has 0 saturated heterocycles. The Balaban J connectivity index is 3.73. The van der Waals surface area contributed by atoms with Gasteiger partial charge in [0.25, 0.3) is 0 Å². The quantitative estimate of drug-likeness (QED) is 0.608. The third-order valence-electron chi connectivity index (χ3n) is 2.38. The molecule has 0 heterocycles. The Morgan fingerprint density at radius 2 is 1.45 bits per heavy atom. The van der Waals surface area contributed by atoms with E-state index in [1.54, 1.807) is 0 Å². The molecule has 2 heteroatoms. The summed E-state index contributed by atoms with van der Waals surface area (Å²) in [6.07, 6.45) is 1.22. The highest BCUT2D eigenvalue weighted by Gasteiger charge is 2.19. The van der Waals surface area contributed by atoms with Crippen LogP contribution in [0.2, 0.25) is 0 Å². The van der Waals surface area contributed by atoms with Crippen LogP contribution in [0.3, 0.4) is 0 Å². The first kappa shape index (κ1) is 10.9. The van der Waals surface area contributed by atoms with E-state index in [0.29, 0.717) is 5.54 Å². The molecule has 0 aliphatic rings. The van der Waals surface area contributed by atoms with Crippen LogP contribution in [0.25, 0.3) is 0 Å². The smallest absolute Gasteiger partial charge is 0.0159 e. The second-order valence-electron chi connectivity index (χ2n) is 4.26. The highest BCUT2D eigenvalue weighted by Crippen LogP contribution is 2.14. The van der Waals surface area contributed by atoms with Gasteiger partial charge in [-0.25, -0.2) is 0 Å². The molecule has 68 valence electrons. The van der Waals surface area contributed by atoms with Crippen LogP contribution in [-0.4, -0.2) is 50.1 Å². The molecule has 0 atom stereocenters. The minimum absolute atomic E-state index is 0.324. The second kappa shape index (κ2) is 4.07. The van der Waals surface area contributed by atoms with Crippen molar-refractivity contribution < 1.29 is 0 Å². The second-order valence-corrected chi connectivity index (χ2v) is 4.26. The Labute approximate surface area is 71.2 Å². The molecule has 0 radical (unpaired) electrons. The molecule has 0 amide bonds. The lowest BCUT2D eigenvalue weighted by Crippen LogP contribution is -2.40. The molecule has 0 aromatic carbocycles. The predicted octanol–water partition coefficient (Wildman–Crippen LogP) is 1.28. The molecule has 0 unspecified atom stereocenters. The third kappa shape index (κ3) is 4.38. The molecule has 0 fully saturated rings. The Bertz CT molecular complexity index is 106. The fourth-order valence-corrected chi connectivity index (χ4v) is 0.721. The van der Waals surface area contributed by atoms with Gasteiger partial charge in [0, 0.05) is 5.54 Å². The van der Waals surface area contributed by atoms with Gasteiger partial charge in [0.05, 0.1) is 0 Å². The molecule has 11 heavy (non-hydrogen) atoms. The number of nitrogens with zero attached hydrogens (tertiary/aromatic N) is 2. The van der Waals surface area contributed by atoms with E-state index in [-0.39, 0.29) is 0 Å². The molecule has 0 bridgehead atoms. The van der Waals surface area contributed by atoms with E-state index in [4.69, 9.17) is 0 Å².